The molecular formula is C33H45N5O2. The van der Waals surface area contributed by atoms with Crippen LogP contribution in [0.3, 0.4) is 0 Å². The maximum Gasteiger partial charge on any atom is 0.258 e. The van der Waals surface area contributed by atoms with Gasteiger partial charge in [0.1, 0.15) is 11.6 Å². The van der Waals surface area contributed by atoms with E-state index in [9.17, 15) is 4.79 Å². The van der Waals surface area contributed by atoms with Crippen molar-refractivity contribution in [3.63, 3.8) is 0 Å². The number of carbonyl (C=O) groups is 1. The summed E-state index contributed by atoms with van der Waals surface area (Å²) in [7, 11) is 0. The number of ether oxygens (including phenoxy) is 1. The molecule has 40 heavy (non-hydrogen) atoms. The Morgan fingerprint density at radius 2 is 1.70 bits per heavy atom. The number of fused-ring (bicyclic) bond motifs is 3. The molecule has 2 aliphatic heterocycles. The fraction of sp³-hybridized carbons (Fsp3) is 0.515. The van der Waals surface area contributed by atoms with Crippen molar-refractivity contribution < 1.29 is 9.53 Å². The average Bonchev–Trinajstić information content (AvgIpc) is 3.24. The number of nitrogens with zero attached hydrogens (tertiary/aromatic N) is 4. The number of aryl methyl sites for hydroxylation is 2. The highest BCUT2D eigenvalue weighted by Crippen LogP contribution is 2.36. The number of hydrogen-bond acceptors (Lipinski definition) is 5. The van der Waals surface area contributed by atoms with E-state index >= 15 is 0 Å². The largest absolute Gasteiger partial charge is 0.493 e. The van der Waals surface area contributed by atoms with Crippen LogP contribution >= 0.6 is 0 Å². The molecule has 1 N–H and O–H groups in total. The van der Waals surface area contributed by atoms with E-state index in [1.807, 2.05) is 55.1 Å². The van der Waals surface area contributed by atoms with E-state index in [0.29, 0.717) is 24.1 Å². The van der Waals surface area contributed by atoms with Gasteiger partial charge < -0.3 is 24.4 Å². The van der Waals surface area contributed by atoms with E-state index in [1.54, 1.807) is 0 Å². The van der Waals surface area contributed by atoms with Crippen molar-refractivity contribution in [1.29, 1.82) is 0 Å². The van der Waals surface area contributed by atoms with Gasteiger partial charge in [0, 0.05) is 62.5 Å². The number of imidazole rings is 1. The lowest BCUT2D eigenvalue weighted by Gasteiger charge is -2.36. The minimum absolute atomic E-state index is 0.00520. The number of carbonyl (C=O) groups excluding carboxylic acids is 1. The molecule has 0 radical (unpaired) electrons. The molecule has 3 aromatic rings. The Labute approximate surface area is 239 Å². The SMILES string of the molecule is Cc1nc2c([nH]1)CCN(C(=O)c1ccc(OCCCN3CCN(CCC(C)(C)C)CC3)c(C)c1)c1ccccc1-2. The Bertz CT molecular complexity index is 1320. The number of aromatic nitrogens is 2. The zero-order valence-electron chi connectivity index (χ0n) is 24.9. The van der Waals surface area contributed by atoms with Crippen molar-refractivity contribution in [3.05, 3.63) is 65.1 Å². The highest BCUT2D eigenvalue weighted by atomic mass is 16.5. The summed E-state index contributed by atoms with van der Waals surface area (Å²) >= 11 is 0. The molecule has 1 fully saturated rings. The summed E-state index contributed by atoms with van der Waals surface area (Å²) in [5.41, 5.74) is 6.01. The normalized spacial score (nSPS) is 16.4. The molecule has 1 saturated heterocycles. The summed E-state index contributed by atoms with van der Waals surface area (Å²) in [5, 5.41) is 0. The molecule has 5 rings (SSSR count). The van der Waals surface area contributed by atoms with Crippen LogP contribution in [0.15, 0.2) is 42.5 Å². The number of H-pyrrole nitrogens is 1. The second kappa shape index (κ2) is 12.1. The predicted octanol–water partition coefficient (Wildman–Crippen LogP) is 5.72. The van der Waals surface area contributed by atoms with Crippen LogP contribution in [0.1, 0.15) is 61.1 Å². The number of para-hydroxylation sites is 1. The molecular weight excluding hydrogens is 498 g/mol. The maximum atomic E-state index is 13.7. The van der Waals surface area contributed by atoms with Crippen molar-refractivity contribution in [2.75, 3.05) is 57.3 Å². The van der Waals surface area contributed by atoms with Crippen LogP contribution in [-0.4, -0.2) is 78.1 Å². The lowest BCUT2D eigenvalue weighted by molar-refractivity contribution is 0.0987. The molecule has 0 saturated carbocycles. The number of piperazine rings is 1. The van der Waals surface area contributed by atoms with Gasteiger partial charge in [0.15, 0.2) is 0 Å². The van der Waals surface area contributed by atoms with Gasteiger partial charge in [-0.1, -0.05) is 39.0 Å². The number of amides is 1. The second-order valence-corrected chi connectivity index (χ2v) is 12.5. The third-order valence-corrected chi connectivity index (χ3v) is 8.12. The maximum absolute atomic E-state index is 13.7. The second-order valence-electron chi connectivity index (χ2n) is 12.5. The van der Waals surface area contributed by atoms with E-state index in [-0.39, 0.29) is 5.91 Å². The quantitative estimate of drug-likeness (QED) is 0.368. The van der Waals surface area contributed by atoms with Gasteiger partial charge in [-0.25, -0.2) is 4.98 Å². The van der Waals surface area contributed by atoms with Crippen LogP contribution in [0.5, 0.6) is 5.75 Å². The fourth-order valence-corrected chi connectivity index (χ4v) is 5.71. The average molecular weight is 544 g/mol. The zero-order chi connectivity index (χ0) is 28.3. The molecule has 2 aliphatic rings. The smallest absolute Gasteiger partial charge is 0.258 e. The first-order chi connectivity index (χ1) is 19.2. The Morgan fingerprint density at radius 1 is 0.975 bits per heavy atom. The molecule has 7 heteroatoms. The third-order valence-electron chi connectivity index (χ3n) is 8.12. The van der Waals surface area contributed by atoms with E-state index in [0.717, 1.165) is 85.3 Å². The number of aromatic amines is 1. The summed E-state index contributed by atoms with van der Waals surface area (Å²) in [6.45, 7) is 19.1. The first-order valence-electron chi connectivity index (χ1n) is 14.8. The summed E-state index contributed by atoms with van der Waals surface area (Å²) < 4.78 is 6.15. The monoisotopic (exact) mass is 543 g/mol. The third kappa shape index (κ3) is 6.76. The van der Waals surface area contributed by atoms with Crippen LogP contribution in [0.2, 0.25) is 0 Å². The summed E-state index contributed by atoms with van der Waals surface area (Å²) in [5.74, 6) is 1.76. The van der Waals surface area contributed by atoms with Crippen LogP contribution in [0.4, 0.5) is 5.69 Å². The molecule has 3 heterocycles. The molecule has 1 aromatic heterocycles. The first kappa shape index (κ1) is 28.4. The van der Waals surface area contributed by atoms with Crippen molar-refractivity contribution in [3.8, 4) is 17.0 Å². The number of nitrogens with one attached hydrogen (secondary N) is 1. The van der Waals surface area contributed by atoms with E-state index in [2.05, 4.69) is 41.6 Å². The van der Waals surface area contributed by atoms with E-state index in [4.69, 9.17) is 9.72 Å². The van der Waals surface area contributed by atoms with Crippen LogP contribution in [0.25, 0.3) is 11.3 Å². The lowest BCUT2D eigenvalue weighted by atomic mass is 9.92. The highest BCUT2D eigenvalue weighted by Gasteiger charge is 2.27. The fourth-order valence-electron chi connectivity index (χ4n) is 5.71. The Kier molecular flexibility index (Phi) is 8.62. The predicted molar refractivity (Wildman–Crippen MR) is 162 cm³/mol. The molecule has 2 aromatic carbocycles. The first-order valence-corrected chi connectivity index (χ1v) is 14.8. The Hall–Kier alpha value is -3.16. The number of rotatable bonds is 8. The molecule has 0 atom stereocenters. The van der Waals surface area contributed by atoms with Gasteiger partial charge in [0.05, 0.1) is 18.0 Å². The molecule has 0 bridgehead atoms. The van der Waals surface area contributed by atoms with Gasteiger partial charge in [-0.05, 0) is 68.5 Å². The lowest BCUT2D eigenvalue weighted by Crippen LogP contribution is -2.47. The van der Waals surface area contributed by atoms with Gasteiger partial charge in [0.25, 0.3) is 5.91 Å². The summed E-state index contributed by atoms with van der Waals surface area (Å²) in [4.78, 5) is 28.8. The summed E-state index contributed by atoms with van der Waals surface area (Å²) in [6, 6.07) is 13.9. The van der Waals surface area contributed by atoms with Crippen molar-refractivity contribution in [2.24, 2.45) is 5.41 Å². The molecule has 1 amide bonds. The van der Waals surface area contributed by atoms with E-state index < -0.39 is 0 Å². The van der Waals surface area contributed by atoms with Crippen LogP contribution in [-0.2, 0) is 6.42 Å². The van der Waals surface area contributed by atoms with Crippen molar-refractivity contribution >= 4 is 11.6 Å². The molecule has 0 unspecified atom stereocenters. The number of benzene rings is 2. The van der Waals surface area contributed by atoms with Crippen molar-refractivity contribution in [1.82, 2.24) is 19.8 Å². The molecule has 0 aliphatic carbocycles. The highest BCUT2D eigenvalue weighted by molar-refractivity contribution is 6.08. The van der Waals surface area contributed by atoms with Crippen LogP contribution in [0, 0.1) is 19.3 Å². The minimum atomic E-state index is 0.00520. The van der Waals surface area contributed by atoms with Gasteiger partial charge in [-0.15, -0.1) is 0 Å². The molecule has 0 spiro atoms. The zero-order valence-corrected chi connectivity index (χ0v) is 24.9. The van der Waals surface area contributed by atoms with Gasteiger partial charge >= 0.3 is 0 Å². The number of hydrogen-bond donors (Lipinski definition) is 1. The van der Waals surface area contributed by atoms with E-state index in [1.165, 1.54) is 13.0 Å². The van der Waals surface area contributed by atoms with Gasteiger partial charge in [-0.3, -0.25) is 4.79 Å². The Balaban J connectivity index is 1.13. The number of anilines is 1. The van der Waals surface area contributed by atoms with Gasteiger partial charge in [-0.2, -0.15) is 0 Å². The molecule has 214 valence electrons. The van der Waals surface area contributed by atoms with Crippen LogP contribution < -0.4 is 9.64 Å². The topological polar surface area (TPSA) is 64.7 Å². The van der Waals surface area contributed by atoms with Gasteiger partial charge in [0.2, 0.25) is 0 Å². The van der Waals surface area contributed by atoms with Crippen molar-refractivity contribution in [2.45, 2.75) is 53.9 Å². The Morgan fingerprint density at radius 3 is 2.42 bits per heavy atom. The molecule has 7 nitrogen and oxygen atoms in total. The standard InChI is InChI=1S/C33H45N5O2/c1-24-23-26(32(39)38-16-13-28-31(35-25(2)34-28)27-9-6-7-10-29(27)38)11-12-30(24)40-22-8-15-36-18-20-37(21-19-36)17-14-33(3,4)5/h6-7,9-12,23H,8,13-22H2,1-5H3,(H,34,35). The minimum Gasteiger partial charge on any atom is -0.493 e. The summed E-state index contributed by atoms with van der Waals surface area (Å²) in [6.07, 6.45) is 2.99.